The Morgan fingerprint density at radius 1 is 1.03 bits per heavy atom. The van der Waals surface area contributed by atoms with Crippen molar-refractivity contribution in [2.24, 2.45) is 23.7 Å². The van der Waals surface area contributed by atoms with Crippen molar-refractivity contribution in [3.05, 3.63) is 58.9 Å². The molecule has 2 saturated carbocycles. The van der Waals surface area contributed by atoms with E-state index in [1.54, 1.807) is 12.1 Å². The second kappa shape index (κ2) is 11.6. The molecule has 2 fully saturated rings. The predicted octanol–water partition coefficient (Wildman–Crippen LogP) is 6.76. The summed E-state index contributed by atoms with van der Waals surface area (Å²) in [4.78, 5) is 5.30. The number of hydrogen-bond acceptors (Lipinski definition) is 4. The van der Waals surface area contributed by atoms with Gasteiger partial charge < -0.3 is 4.74 Å². The highest BCUT2D eigenvalue weighted by Crippen LogP contribution is 2.50. The monoisotopic (exact) mass is 497 g/mol. The second-order valence-corrected chi connectivity index (χ2v) is 13.0. The first-order valence-electron chi connectivity index (χ1n) is 13.6. The van der Waals surface area contributed by atoms with Gasteiger partial charge in [0.05, 0.1) is 18.1 Å². The third-order valence-corrected chi connectivity index (χ3v) is 9.71. The topological polar surface area (TPSA) is 56.3 Å². The summed E-state index contributed by atoms with van der Waals surface area (Å²) >= 11 is 0. The summed E-state index contributed by atoms with van der Waals surface area (Å²) < 4.78 is 29.3. The SMILES string of the molecule is CCc1cnc(C(C)C2CCCC(C3CC3COCc3ccc(S(C)(=O)=O)cc3)CC2)c(CC)c1. The quantitative estimate of drug-likeness (QED) is 0.340. The molecule has 5 unspecified atom stereocenters. The molecule has 0 bridgehead atoms. The molecule has 0 saturated heterocycles. The number of rotatable bonds is 10. The maximum absolute atomic E-state index is 11.6. The van der Waals surface area contributed by atoms with Gasteiger partial charge in [-0.2, -0.15) is 0 Å². The number of aromatic nitrogens is 1. The van der Waals surface area contributed by atoms with Gasteiger partial charge in [0.1, 0.15) is 0 Å². The van der Waals surface area contributed by atoms with Gasteiger partial charge >= 0.3 is 0 Å². The lowest BCUT2D eigenvalue weighted by atomic mass is 9.82. The van der Waals surface area contributed by atoms with Gasteiger partial charge in [-0.3, -0.25) is 4.98 Å². The van der Waals surface area contributed by atoms with E-state index in [4.69, 9.17) is 9.72 Å². The van der Waals surface area contributed by atoms with E-state index < -0.39 is 9.84 Å². The fraction of sp³-hybridized carbons (Fsp3) is 0.633. The van der Waals surface area contributed by atoms with E-state index in [1.807, 2.05) is 12.1 Å². The lowest BCUT2D eigenvalue weighted by Gasteiger charge is -2.24. The zero-order chi connectivity index (χ0) is 25.0. The Balaban J connectivity index is 1.24. The van der Waals surface area contributed by atoms with Crippen LogP contribution in [0.25, 0.3) is 0 Å². The molecule has 4 rings (SSSR count). The molecule has 0 amide bonds. The van der Waals surface area contributed by atoms with Gasteiger partial charge in [-0.1, -0.05) is 51.8 Å². The van der Waals surface area contributed by atoms with Crippen molar-refractivity contribution in [3.8, 4) is 0 Å². The number of pyridine rings is 1. The Hall–Kier alpha value is -1.72. The van der Waals surface area contributed by atoms with Crippen molar-refractivity contribution in [1.29, 1.82) is 0 Å². The second-order valence-electron chi connectivity index (χ2n) is 11.0. The first-order valence-corrected chi connectivity index (χ1v) is 15.5. The first-order chi connectivity index (χ1) is 16.8. The molecular weight excluding hydrogens is 454 g/mol. The highest BCUT2D eigenvalue weighted by atomic mass is 32.2. The van der Waals surface area contributed by atoms with Crippen LogP contribution in [-0.2, 0) is 34.0 Å². The van der Waals surface area contributed by atoms with E-state index in [9.17, 15) is 8.42 Å². The molecule has 1 heterocycles. The Morgan fingerprint density at radius 3 is 2.49 bits per heavy atom. The smallest absolute Gasteiger partial charge is 0.175 e. The van der Waals surface area contributed by atoms with Gasteiger partial charge in [-0.05, 0) is 91.0 Å². The summed E-state index contributed by atoms with van der Waals surface area (Å²) in [7, 11) is -3.14. The van der Waals surface area contributed by atoms with Gasteiger partial charge in [-0.25, -0.2) is 8.42 Å². The van der Waals surface area contributed by atoms with Crippen LogP contribution >= 0.6 is 0 Å². The molecule has 0 N–H and O–H groups in total. The van der Waals surface area contributed by atoms with E-state index in [1.165, 1.54) is 61.6 Å². The Kier molecular flexibility index (Phi) is 8.70. The van der Waals surface area contributed by atoms with Crippen LogP contribution in [0, 0.1) is 23.7 Å². The largest absolute Gasteiger partial charge is 0.376 e. The van der Waals surface area contributed by atoms with Crippen LogP contribution in [0.15, 0.2) is 41.4 Å². The minimum absolute atomic E-state index is 0.365. The Bertz CT molecular complexity index is 1080. The van der Waals surface area contributed by atoms with Crippen molar-refractivity contribution < 1.29 is 13.2 Å². The van der Waals surface area contributed by atoms with Crippen LogP contribution in [0.1, 0.15) is 87.6 Å². The molecule has 0 radical (unpaired) electrons. The predicted molar refractivity (Wildman–Crippen MR) is 142 cm³/mol. The molecule has 5 atom stereocenters. The van der Waals surface area contributed by atoms with Crippen LogP contribution in [0.4, 0.5) is 0 Å². The molecule has 4 nitrogen and oxygen atoms in total. The first kappa shape index (κ1) is 26.3. The van der Waals surface area contributed by atoms with Gasteiger partial charge in [0.25, 0.3) is 0 Å². The third-order valence-electron chi connectivity index (χ3n) is 8.58. The van der Waals surface area contributed by atoms with Gasteiger partial charge in [0.2, 0.25) is 0 Å². The molecule has 35 heavy (non-hydrogen) atoms. The summed E-state index contributed by atoms with van der Waals surface area (Å²) in [5.74, 6) is 3.65. The minimum atomic E-state index is -3.14. The van der Waals surface area contributed by atoms with Crippen LogP contribution in [0.5, 0.6) is 0 Å². The minimum Gasteiger partial charge on any atom is -0.376 e. The molecule has 0 aliphatic heterocycles. The molecule has 0 spiro atoms. The third kappa shape index (κ3) is 6.74. The van der Waals surface area contributed by atoms with Gasteiger partial charge in [0, 0.05) is 24.1 Å². The van der Waals surface area contributed by atoms with Crippen molar-refractivity contribution in [2.45, 2.75) is 89.6 Å². The Labute approximate surface area is 212 Å². The standard InChI is InChI=1S/C30H43NO3S/c1-5-22-16-24(6-2)30(31-18-22)21(3)25-8-7-9-26(13-12-25)29-17-27(29)20-34-19-23-10-14-28(15-11-23)35(4,32)33/h10-11,14-16,18,21,25-27,29H,5-9,12-13,17,19-20H2,1-4H3. The maximum Gasteiger partial charge on any atom is 0.175 e. The Morgan fingerprint density at radius 2 is 1.80 bits per heavy atom. The lowest BCUT2D eigenvalue weighted by Crippen LogP contribution is -2.14. The molecule has 2 aliphatic carbocycles. The zero-order valence-electron chi connectivity index (χ0n) is 22.0. The van der Waals surface area contributed by atoms with E-state index >= 15 is 0 Å². The van der Waals surface area contributed by atoms with Crippen LogP contribution in [0.3, 0.4) is 0 Å². The number of benzene rings is 1. The zero-order valence-corrected chi connectivity index (χ0v) is 22.8. The molecular formula is C30H43NO3S. The number of ether oxygens (including phenoxy) is 1. The van der Waals surface area contributed by atoms with Gasteiger partial charge in [-0.15, -0.1) is 0 Å². The van der Waals surface area contributed by atoms with Crippen LogP contribution in [-0.4, -0.2) is 26.3 Å². The highest BCUT2D eigenvalue weighted by molar-refractivity contribution is 7.90. The molecule has 2 aromatic rings. The molecule has 5 heteroatoms. The van der Waals surface area contributed by atoms with Crippen molar-refractivity contribution in [2.75, 3.05) is 12.9 Å². The number of hydrogen-bond donors (Lipinski definition) is 0. The fourth-order valence-corrected chi connectivity index (χ4v) is 6.80. The normalized spacial score (nSPS) is 25.7. The van der Waals surface area contributed by atoms with E-state index in [2.05, 4.69) is 33.0 Å². The van der Waals surface area contributed by atoms with Gasteiger partial charge in [0.15, 0.2) is 9.84 Å². The van der Waals surface area contributed by atoms with E-state index in [-0.39, 0.29) is 0 Å². The summed E-state index contributed by atoms with van der Waals surface area (Å²) in [5, 5.41) is 0. The van der Waals surface area contributed by atoms with E-state index in [0.29, 0.717) is 23.3 Å². The average molecular weight is 498 g/mol. The number of sulfone groups is 1. The van der Waals surface area contributed by atoms with Crippen LogP contribution < -0.4 is 0 Å². The number of nitrogens with zero attached hydrogens (tertiary/aromatic N) is 1. The summed E-state index contributed by atoms with van der Waals surface area (Å²) in [6, 6.07) is 9.46. The summed E-state index contributed by atoms with van der Waals surface area (Å²) in [6.45, 7) is 8.26. The van der Waals surface area contributed by atoms with E-state index in [0.717, 1.165) is 42.8 Å². The van der Waals surface area contributed by atoms with Crippen molar-refractivity contribution in [1.82, 2.24) is 4.98 Å². The molecule has 1 aromatic carbocycles. The summed E-state index contributed by atoms with van der Waals surface area (Å²) in [5.41, 5.74) is 5.18. The summed E-state index contributed by atoms with van der Waals surface area (Å²) in [6.07, 6.45) is 13.5. The lowest BCUT2D eigenvalue weighted by molar-refractivity contribution is 0.104. The fourth-order valence-electron chi connectivity index (χ4n) is 6.17. The molecule has 192 valence electrons. The van der Waals surface area contributed by atoms with Crippen LogP contribution in [0.2, 0.25) is 0 Å². The average Bonchev–Trinajstić information content (AvgIpc) is 3.65. The maximum atomic E-state index is 11.6. The molecule has 2 aliphatic rings. The highest BCUT2D eigenvalue weighted by Gasteiger charge is 2.43. The number of aryl methyl sites for hydroxylation is 2. The van der Waals surface area contributed by atoms with Crippen molar-refractivity contribution >= 4 is 9.84 Å². The van der Waals surface area contributed by atoms with Crippen molar-refractivity contribution in [3.63, 3.8) is 0 Å². The molecule has 1 aromatic heterocycles.